The average molecular weight is 355 g/mol. The molecule has 8 nitrogen and oxygen atoms in total. The smallest absolute Gasteiger partial charge is 0.258 e. The quantitative estimate of drug-likeness (QED) is 0.754. The summed E-state index contributed by atoms with van der Waals surface area (Å²) in [7, 11) is 0. The van der Waals surface area contributed by atoms with Crippen LogP contribution in [0.4, 0.5) is 0 Å². The molecule has 26 heavy (non-hydrogen) atoms. The van der Waals surface area contributed by atoms with Crippen molar-refractivity contribution < 1.29 is 14.4 Å². The number of aryl methyl sites for hydroxylation is 2. The van der Waals surface area contributed by atoms with E-state index in [1.165, 1.54) is 0 Å². The highest BCUT2D eigenvalue weighted by Crippen LogP contribution is 2.27. The number of hydrogen-bond donors (Lipinski definition) is 1. The normalized spacial score (nSPS) is 21.1. The lowest BCUT2D eigenvalue weighted by molar-refractivity contribution is 0.0753. The molecule has 1 fully saturated rings. The zero-order valence-corrected chi connectivity index (χ0v) is 14.8. The Morgan fingerprint density at radius 2 is 2.12 bits per heavy atom. The molecule has 0 unspecified atom stereocenters. The van der Waals surface area contributed by atoms with Crippen LogP contribution in [0, 0.1) is 13.8 Å². The summed E-state index contributed by atoms with van der Waals surface area (Å²) in [5.41, 5.74) is 2.31. The average Bonchev–Trinajstić information content (AvgIpc) is 3.22. The molecule has 3 aromatic heterocycles. The van der Waals surface area contributed by atoms with Crippen LogP contribution in [0.25, 0.3) is 11.1 Å². The second-order valence-corrected chi connectivity index (χ2v) is 6.77. The van der Waals surface area contributed by atoms with E-state index in [2.05, 4.69) is 15.1 Å². The third-order valence-corrected chi connectivity index (χ3v) is 5.00. The van der Waals surface area contributed by atoms with Gasteiger partial charge in [-0.3, -0.25) is 4.79 Å². The van der Waals surface area contributed by atoms with E-state index in [0.717, 1.165) is 0 Å². The van der Waals surface area contributed by atoms with Gasteiger partial charge in [-0.25, -0.2) is 9.97 Å². The van der Waals surface area contributed by atoms with Crippen LogP contribution in [0.1, 0.15) is 40.6 Å². The van der Waals surface area contributed by atoms with Gasteiger partial charge in [-0.05, 0) is 32.8 Å². The number of hydrogen-bond acceptors (Lipinski definition) is 6. The molecule has 1 aliphatic rings. The maximum absolute atomic E-state index is 13.2. The Balaban J connectivity index is 1.62. The Morgan fingerprint density at radius 3 is 2.88 bits per heavy atom. The molecule has 3 aromatic rings. The molecule has 8 heteroatoms. The van der Waals surface area contributed by atoms with Gasteiger partial charge in [0.2, 0.25) is 0 Å². The Kier molecular flexibility index (Phi) is 4.20. The highest BCUT2D eigenvalue weighted by Gasteiger charge is 2.29. The maximum atomic E-state index is 13.2. The lowest BCUT2D eigenvalue weighted by atomic mass is 10.1. The van der Waals surface area contributed by atoms with Crippen LogP contribution in [-0.2, 0) is 0 Å². The molecule has 0 aliphatic carbocycles. The van der Waals surface area contributed by atoms with Gasteiger partial charge in [0, 0.05) is 31.2 Å². The molecule has 4 heterocycles. The first-order chi connectivity index (χ1) is 12.5. The molecule has 4 rings (SSSR count). The summed E-state index contributed by atoms with van der Waals surface area (Å²) >= 11 is 0. The number of nitrogens with zero attached hydrogens (tertiary/aromatic N) is 5. The molecule has 0 bridgehead atoms. The number of pyridine rings is 1. The second kappa shape index (κ2) is 6.53. The van der Waals surface area contributed by atoms with Crippen molar-refractivity contribution in [2.75, 3.05) is 13.1 Å². The summed E-state index contributed by atoms with van der Waals surface area (Å²) in [6.07, 6.45) is 5.93. The van der Waals surface area contributed by atoms with Gasteiger partial charge in [0.25, 0.3) is 11.6 Å². The topological polar surface area (TPSA) is 97.3 Å². The van der Waals surface area contributed by atoms with E-state index >= 15 is 0 Å². The predicted molar refractivity (Wildman–Crippen MR) is 93.7 cm³/mol. The fourth-order valence-electron chi connectivity index (χ4n) is 3.65. The number of amides is 1. The van der Waals surface area contributed by atoms with E-state index in [1.54, 1.807) is 30.4 Å². The Hall–Kier alpha value is -2.74. The first kappa shape index (κ1) is 16.7. The van der Waals surface area contributed by atoms with Crippen molar-refractivity contribution >= 4 is 17.0 Å². The highest BCUT2D eigenvalue weighted by molar-refractivity contribution is 6.06. The second-order valence-electron chi connectivity index (χ2n) is 6.77. The molecule has 1 saturated heterocycles. The van der Waals surface area contributed by atoms with Crippen molar-refractivity contribution in [3.05, 3.63) is 41.7 Å². The van der Waals surface area contributed by atoms with Crippen molar-refractivity contribution in [2.24, 2.45) is 0 Å². The number of likely N-dealkylation sites (tertiary alicyclic amines) is 1. The van der Waals surface area contributed by atoms with Crippen molar-refractivity contribution in [3.63, 3.8) is 0 Å². The van der Waals surface area contributed by atoms with Gasteiger partial charge >= 0.3 is 0 Å². The minimum atomic E-state index is -0.515. The number of carbonyl (C=O) groups excluding carboxylic acids is 1. The standard InChI is InChI=1S/C18H21N5O3/c1-11-9-13(16-12(2)21-26-17(16)20-11)18(25)22-6-3-14(15(24)4-7-22)23-8-5-19-10-23/h5,8-10,14-15,24H,3-4,6-7H2,1-2H3/t14-,15-/m0/s1. The molecule has 1 N–H and O–H groups in total. The molecule has 0 radical (unpaired) electrons. The van der Waals surface area contributed by atoms with Crippen LogP contribution in [0.3, 0.4) is 0 Å². The Bertz CT molecular complexity index is 934. The van der Waals surface area contributed by atoms with Crippen LogP contribution in [0.5, 0.6) is 0 Å². The number of imidazole rings is 1. The van der Waals surface area contributed by atoms with Crippen LogP contribution >= 0.6 is 0 Å². The number of rotatable bonds is 2. The number of fused-ring (bicyclic) bond motifs is 1. The van der Waals surface area contributed by atoms with Crippen LogP contribution in [0.2, 0.25) is 0 Å². The van der Waals surface area contributed by atoms with Crippen molar-refractivity contribution in [1.29, 1.82) is 0 Å². The van der Waals surface area contributed by atoms with E-state index < -0.39 is 6.10 Å². The lowest BCUT2D eigenvalue weighted by Crippen LogP contribution is -2.32. The fourth-order valence-corrected chi connectivity index (χ4v) is 3.65. The van der Waals surface area contributed by atoms with Gasteiger partial charge in [-0.2, -0.15) is 0 Å². The van der Waals surface area contributed by atoms with Gasteiger partial charge in [-0.1, -0.05) is 5.16 Å². The fraction of sp³-hybridized carbons (Fsp3) is 0.444. The van der Waals surface area contributed by atoms with Gasteiger partial charge in [0.05, 0.1) is 35.1 Å². The molecule has 0 spiro atoms. The summed E-state index contributed by atoms with van der Waals surface area (Å²) in [6.45, 7) is 4.69. The van der Waals surface area contributed by atoms with E-state index in [1.807, 2.05) is 17.7 Å². The monoisotopic (exact) mass is 355 g/mol. The first-order valence-electron chi connectivity index (χ1n) is 8.73. The number of aromatic nitrogens is 4. The van der Waals surface area contributed by atoms with E-state index in [9.17, 15) is 9.90 Å². The van der Waals surface area contributed by atoms with Crippen molar-refractivity contribution in [2.45, 2.75) is 38.8 Å². The minimum absolute atomic E-state index is 0.0770. The molecule has 136 valence electrons. The predicted octanol–water partition coefficient (Wildman–Crippen LogP) is 1.87. The zero-order valence-electron chi connectivity index (χ0n) is 14.8. The maximum Gasteiger partial charge on any atom is 0.258 e. The highest BCUT2D eigenvalue weighted by atomic mass is 16.5. The van der Waals surface area contributed by atoms with Crippen molar-refractivity contribution in [1.82, 2.24) is 24.6 Å². The molecule has 0 saturated carbocycles. The SMILES string of the molecule is Cc1cc(C(=O)N2CC[C@H](O)[C@@H](n3ccnc3)CC2)c2c(C)noc2n1. The number of carbonyl (C=O) groups is 1. The molecular formula is C18H21N5O3. The first-order valence-corrected chi connectivity index (χ1v) is 8.73. The molecule has 1 aliphatic heterocycles. The number of aliphatic hydroxyl groups is 1. The van der Waals surface area contributed by atoms with Gasteiger partial charge in [0.1, 0.15) is 0 Å². The van der Waals surface area contributed by atoms with E-state index in [0.29, 0.717) is 54.0 Å². The van der Waals surface area contributed by atoms with Crippen LogP contribution in [0.15, 0.2) is 29.3 Å². The molecule has 1 amide bonds. The van der Waals surface area contributed by atoms with Gasteiger partial charge < -0.3 is 19.1 Å². The third-order valence-electron chi connectivity index (χ3n) is 5.00. The van der Waals surface area contributed by atoms with Crippen LogP contribution in [-0.4, -0.2) is 54.8 Å². The largest absolute Gasteiger partial charge is 0.391 e. The Labute approximate surface area is 150 Å². The summed E-state index contributed by atoms with van der Waals surface area (Å²) in [5.74, 6) is -0.0784. The minimum Gasteiger partial charge on any atom is -0.391 e. The van der Waals surface area contributed by atoms with E-state index in [-0.39, 0.29) is 11.9 Å². The Morgan fingerprint density at radius 1 is 1.31 bits per heavy atom. The van der Waals surface area contributed by atoms with E-state index in [4.69, 9.17) is 4.52 Å². The summed E-state index contributed by atoms with van der Waals surface area (Å²) < 4.78 is 7.15. The van der Waals surface area contributed by atoms with Crippen molar-refractivity contribution in [3.8, 4) is 0 Å². The summed E-state index contributed by atoms with van der Waals surface area (Å²) in [5, 5.41) is 15.1. The van der Waals surface area contributed by atoms with Gasteiger partial charge in [0.15, 0.2) is 0 Å². The van der Waals surface area contributed by atoms with Gasteiger partial charge in [-0.15, -0.1) is 0 Å². The lowest BCUT2D eigenvalue weighted by Gasteiger charge is -2.21. The third kappa shape index (κ3) is 2.86. The summed E-state index contributed by atoms with van der Waals surface area (Å²) in [4.78, 5) is 23.4. The summed E-state index contributed by atoms with van der Waals surface area (Å²) in [6, 6.07) is 1.70. The molecule has 0 aromatic carbocycles. The molecule has 2 atom stereocenters. The number of aliphatic hydroxyl groups excluding tert-OH is 1. The zero-order chi connectivity index (χ0) is 18.3. The molecular weight excluding hydrogens is 334 g/mol. The van der Waals surface area contributed by atoms with Crippen LogP contribution < -0.4 is 0 Å².